The van der Waals surface area contributed by atoms with E-state index in [0.717, 1.165) is 34.6 Å². The zero-order valence-corrected chi connectivity index (χ0v) is 19.5. The molecule has 1 atom stereocenters. The second-order valence-corrected chi connectivity index (χ2v) is 8.97. The zero-order chi connectivity index (χ0) is 23.4. The van der Waals surface area contributed by atoms with E-state index in [1.54, 1.807) is 36.7 Å². The van der Waals surface area contributed by atoms with Crippen molar-refractivity contribution in [3.63, 3.8) is 0 Å². The smallest absolute Gasteiger partial charge is 0.295 e. The Balaban J connectivity index is 1.73. The Kier molecular flexibility index (Phi) is 6.89. The van der Waals surface area contributed by atoms with E-state index in [-0.39, 0.29) is 17.9 Å². The number of benzene rings is 1. The Hall–Kier alpha value is -3.45. The van der Waals surface area contributed by atoms with Crippen molar-refractivity contribution in [2.75, 3.05) is 6.61 Å². The Bertz CT molecular complexity index is 1170. The first-order valence-electron chi connectivity index (χ1n) is 11.0. The maximum atomic E-state index is 13.1. The molecule has 1 N–H and O–H groups in total. The Morgan fingerprint density at radius 1 is 1.21 bits per heavy atom. The van der Waals surface area contributed by atoms with Crippen molar-refractivity contribution >= 4 is 28.8 Å². The molecule has 1 aliphatic heterocycles. The number of thiophene rings is 1. The lowest BCUT2D eigenvalue weighted by Gasteiger charge is -2.24. The van der Waals surface area contributed by atoms with E-state index in [1.807, 2.05) is 30.5 Å². The second kappa shape index (κ2) is 10.0. The van der Waals surface area contributed by atoms with Gasteiger partial charge in [0.2, 0.25) is 0 Å². The van der Waals surface area contributed by atoms with Gasteiger partial charge in [-0.15, -0.1) is 11.3 Å². The van der Waals surface area contributed by atoms with Crippen LogP contribution in [0, 0.1) is 6.92 Å². The maximum Gasteiger partial charge on any atom is 0.295 e. The van der Waals surface area contributed by atoms with E-state index in [4.69, 9.17) is 4.74 Å². The van der Waals surface area contributed by atoms with Crippen LogP contribution in [0.2, 0.25) is 0 Å². The molecule has 1 amide bonds. The third-order valence-corrected chi connectivity index (χ3v) is 6.56. The second-order valence-electron chi connectivity index (χ2n) is 7.99. The largest absolute Gasteiger partial charge is 0.507 e. The van der Waals surface area contributed by atoms with Crippen LogP contribution in [0.25, 0.3) is 5.76 Å². The Morgan fingerprint density at radius 3 is 2.73 bits per heavy atom. The van der Waals surface area contributed by atoms with Gasteiger partial charge in [0, 0.05) is 29.4 Å². The molecule has 1 fully saturated rings. The number of ketones is 1. The average molecular weight is 463 g/mol. The third kappa shape index (κ3) is 4.68. The molecule has 0 radical (unpaired) electrons. The van der Waals surface area contributed by atoms with E-state index in [0.29, 0.717) is 12.2 Å². The molecule has 7 heteroatoms. The van der Waals surface area contributed by atoms with Gasteiger partial charge in [0.05, 0.1) is 18.2 Å². The molecule has 4 rings (SSSR count). The molecule has 2 aromatic heterocycles. The van der Waals surface area contributed by atoms with Crippen molar-refractivity contribution in [2.45, 2.75) is 39.3 Å². The lowest BCUT2D eigenvalue weighted by Crippen LogP contribution is -2.28. The minimum Gasteiger partial charge on any atom is -0.507 e. The van der Waals surface area contributed by atoms with Crippen LogP contribution in [-0.4, -0.2) is 33.3 Å². The van der Waals surface area contributed by atoms with E-state index < -0.39 is 17.7 Å². The van der Waals surface area contributed by atoms with Crippen molar-refractivity contribution < 1.29 is 19.4 Å². The van der Waals surface area contributed by atoms with Crippen molar-refractivity contribution in [1.29, 1.82) is 0 Å². The molecule has 3 heterocycles. The summed E-state index contributed by atoms with van der Waals surface area (Å²) in [6.45, 7) is 4.85. The molecule has 1 aromatic carbocycles. The highest BCUT2D eigenvalue weighted by molar-refractivity contribution is 7.10. The summed E-state index contributed by atoms with van der Waals surface area (Å²) in [6.07, 6.45) is 5.33. The number of rotatable bonds is 8. The number of unbranched alkanes of at least 4 members (excludes halogenated alkanes) is 1. The molecule has 0 unspecified atom stereocenters. The summed E-state index contributed by atoms with van der Waals surface area (Å²) in [5, 5.41) is 13.1. The molecule has 0 aliphatic carbocycles. The maximum absolute atomic E-state index is 13.1. The normalized spacial score (nSPS) is 17.5. The number of aliphatic hydroxyl groups is 1. The fourth-order valence-electron chi connectivity index (χ4n) is 3.91. The Morgan fingerprint density at radius 2 is 2.06 bits per heavy atom. The summed E-state index contributed by atoms with van der Waals surface area (Å²) in [7, 11) is 0. The van der Waals surface area contributed by atoms with Crippen LogP contribution >= 0.6 is 11.3 Å². The molecule has 6 nitrogen and oxygen atoms in total. The summed E-state index contributed by atoms with van der Waals surface area (Å²) in [6, 6.07) is 12.0. The molecule has 1 aliphatic rings. The van der Waals surface area contributed by atoms with Gasteiger partial charge in [-0.25, -0.2) is 0 Å². The van der Waals surface area contributed by atoms with Gasteiger partial charge in [0.15, 0.2) is 0 Å². The predicted molar refractivity (Wildman–Crippen MR) is 128 cm³/mol. The number of aromatic nitrogens is 1. The summed E-state index contributed by atoms with van der Waals surface area (Å²) in [4.78, 5) is 32.6. The van der Waals surface area contributed by atoms with Crippen LogP contribution in [0.1, 0.15) is 47.4 Å². The van der Waals surface area contributed by atoms with E-state index >= 15 is 0 Å². The first kappa shape index (κ1) is 22.7. The summed E-state index contributed by atoms with van der Waals surface area (Å²) >= 11 is 1.44. The van der Waals surface area contributed by atoms with Gasteiger partial charge in [0.25, 0.3) is 11.7 Å². The van der Waals surface area contributed by atoms with Gasteiger partial charge >= 0.3 is 0 Å². The number of amides is 1. The van der Waals surface area contributed by atoms with Gasteiger partial charge in [-0.3, -0.25) is 14.6 Å². The van der Waals surface area contributed by atoms with Crippen LogP contribution in [-0.2, 0) is 16.1 Å². The number of nitrogens with zero attached hydrogens (tertiary/aromatic N) is 2. The van der Waals surface area contributed by atoms with Crippen molar-refractivity contribution in [3.05, 3.63) is 87.4 Å². The number of Topliss-reactive ketones (excluding diaryl/α,β-unsaturated/α-hetero) is 1. The van der Waals surface area contributed by atoms with Crippen LogP contribution < -0.4 is 4.74 Å². The summed E-state index contributed by atoms with van der Waals surface area (Å²) in [5.74, 6) is -0.749. The number of hydrogen-bond donors (Lipinski definition) is 1. The highest BCUT2D eigenvalue weighted by atomic mass is 32.1. The number of pyridine rings is 1. The molecule has 170 valence electrons. The van der Waals surface area contributed by atoms with Gasteiger partial charge in [-0.1, -0.05) is 25.5 Å². The molecule has 1 saturated heterocycles. The fourth-order valence-corrected chi connectivity index (χ4v) is 4.76. The Labute approximate surface area is 197 Å². The lowest BCUT2D eigenvalue weighted by atomic mass is 9.98. The molecule has 0 bridgehead atoms. The quantitative estimate of drug-likeness (QED) is 0.214. The molecule has 0 spiro atoms. The third-order valence-electron chi connectivity index (χ3n) is 5.63. The average Bonchev–Trinajstić information content (AvgIpc) is 3.43. The number of hydrogen-bond acceptors (Lipinski definition) is 6. The van der Waals surface area contributed by atoms with Crippen LogP contribution in [0.4, 0.5) is 0 Å². The lowest BCUT2D eigenvalue weighted by molar-refractivity contribution is -0.140. The van der Waals surface area contributed by atoms with Gasteiger partial charge < -0.3 is 14.7 Å². The highest BCUT2D eigenvalue weighted by Gasteiger charge is 2.46. The number of likely N-dealkylation sites (tertiary alicyclic amines) is 1. The molecule has 0 saturated carbocycles. The molecular formula is C26H26N2O4S. The molecule has 33 heavy (non-hydrogen) atoms. The zero-order valence-electron chi connectivity index (χ0n) is 18.7. The van der Waals surface area contributed by atoms with E-state index in [2.05, 4.69) is 11.9 Å². The standard InChI is InChI=1S/C26H26N2O4S/c1-3-4-12-32-20-10-9-19(14-17(20)2)24(29)22-23(21-8-6-13-33-21)28(26(31)25(22)30)16-18-7-5-11-27-15-18/h5-11,13-15,23,29H,3-4,12,16H2,1-2H3/b24-22+/t23-/m0/s1. The molecular weight excluding hydrogens is 436 g/mol. The first-order chi connectivity index (χ1) is 16.0. The van der Waals surface area contributed by atoms with Gasteiger partial charge in [-0.05, 0) is 60.2 Å². The number of aryl methyl sites for hydroxylation is 1. The van der Waals surface area contributed by atoms with Crippen LogP contribution in [0.15, 0.2) is 65.8 Å². The van der Waals surface area contributed by atoms with E-state index in [1.165, 1.54) is 16.2 Å². The number of carbonyl (C=O) groups is 2. The summed E-state index contributed by atoms with van der Waals surface area (Å²) in [5.41, 5.74) is 2.25. The number of aliphatic hydroxyl groups excluding tert-OH is 1. The highest BCUT2D eigenvalue weighted by Crippen LogP contribution is 2.42. The van der Waals surface area contributed by atoms with Gasteiger partial charge in [-0.2, -0.15) is 0 Å². The van der Waals surface area contributed by atoms with Crippen molar-refractivity contribution in [2.24, 2.45) is 0 Å². The van der Waals surface area contributed by atoms with Gasteiger partial charge in [0.1, 0.15) is 11.5 Å². The fraction of sp³-hybridized carbons (Fsp3) is 0.269. The topological polar surface area (TPSA) is 79.7 Å². The van der Waals surface area contributed by atoms with Crippen LogP contribution in [0.5, 0.6) is 5.75 Å². The first-order valence-corrected chi connectivity index (χ1v) is 11.8. The van der Waals surface area contributed by atoms with E-state index in [9.17, 15) is 14.7 Å². The van der Waals surface area contributed by atoms with Crippen LogP contribution in [0.3, 0.4) is 0 Å². The SMILES string of the molecule is CCCCOc1ccc(/C(O)=C2\C(=O)C(=O)N(Cc3cccnc3)[C@H]2c2cccs2)cc1C. The number of ether oxygens (including phenoxy) is 1. The minimum atomic E-state index is -0.685. The molecule has 3 aromatic rings. The predicted octanol–water partition coefficient (Wildman–Crippen LogP) is 5.25. The minimum absolute atomic E-state index is 0.102. The van der Waals surface area contributed by atoms with Crippen molar-refractivity contribution in [1.82, 2.24) is 9.88 Å². The van der Waals surface area contributed by atoms with Crippen molar-refractivity contribution in [3.8, 4) is 5.75 Å². The summed E-state index contributed by atoms with van der Waals surface area (Å²) < 4.78 is 5.81. The monoisotopic (exact) mass is 462 g/mol. The number of carbonyl (C=O) groups excluding carboxylic acids is 2.